The van der Waals surface area contributed by atoms with Gasteiger partial charge in [0.2, 0.25) is 0 Å². The van der Waals surface area contributed by atoms with Gasteiger partial charge in [0, 0.05) is 18.9 Å². The zero-order valence-corrected chi connectivity index (χ0v) is 11.1. The average molecular weight is 269 g/mol. The fourth-order valence-electron chi connectivity index (χ4n) is 1.71. The Kier molecular flexibility index (Phi) is 4.40. The van der Waals surface area contributed by atoms with Crippen molar-refractivity contribution in [3.8, 4) is 11.8 Å². The molecule has 1 aromatic carbocycles. The van der Waals surface area contributed by atoms with Crippen molar-refractivity contribution in [3.05, 3.63) is 53.9 Å². The van der Waals surface area contributed by atoms with Gasteiger partial charge in [-0.15, -0.1) is 0 Å². The van der Waals surface area contributed by atoms with Crippen LogP contribution in [0.15, 0.2) is 42.7 Å². The molecule has 1 amide bonds. The van der Waals surface area contributed by atoms with Crippen molar-refractivity contribution in [2.75, 3.05) is 0 Å². The standard InChI is InChI=1S/C15H15N3O2/c1-11(15(19)18-10-12-6-7-17-9-12)20-14-5-3-2-4-13(14)8-16/h2-7,9,11,17H,10H2,1H3,(H,18,19). The van der Waals surface area contributed by atoms with Crippen LogP contribution in [0.3, 0.4) is 0 Å². The molecule has 5 heteroatoms. The third kappa shape index (κ3) is 3.39. The molecule has 0 saturated carbocycles. The number of para-hydroxylation sites is 1. The first-order valence-corrected chi connectivity index (χ1v) is 6.26. The molecular weight excluding hydrogens is 254 g/mol. The van der Waals surface area contributed by atoms with E-state index in [9.17, 15) is 4.79 Å². The van der Waals surface area contributed by atoms with Gasteiger partial charge in [-0.1, -0.05) is 12.1 Å². The van der Waals surface area contributed by atoms with E-state index in [1.807, 2.05) is 18.3 Å². The molecule has 1 aromatic heterocycles. The molecule has 5 nitrogen and oxygen atoms in total. The highest BCUT2D eigenvalue weighted by Gasteiger charge is 2.15. The van der Waals surface area contributed by atoms with Gasteiger partial charge in [0.25, 0.3) is 5.91 Å². The third-order valence-corrected chi connectivity index (χ3v) is 2.81. The van der Waals surface area contributed by atoms with Crippen LogP contribution < -0.4 is 10.1 Å². The molecule has 0 bridgehead atoms. The van der Waals surface area contributed by atoms with Crippen LogP contribution >= 0.6 is 0 Å². The molecule has 0 aliphatic carbocycles. The second kappa shape index (κ2) is 6.43. The second-order valence-corrected chi connectivity index (χ2v) is 4.31. The van der Waals surface area contributed by atoms with Crippen molar-refractivity contribution in [3.63, 3.8) is 0 Å². The molecule has 1 unspecified atom stereocenters. The number of nitrogens with one attached hydrogen (secondary N) is 2. The number of carbonyl (C=O) groups excluding carboxylic acids is 1. The molecule has 1 atom stereocenters. The first-order chi connectivity index (χ1) is 9.70. The van der Waals surface area contributed by atoms with Crippen molar-refractivity contribution in [1.29, 1.82) is 5.26 Å². The number of benzene rings is 1. The fourth-order valence-corrected chi connectivity index (χ4v) is 1.71. The third-order valence-electron chi connectivity index (χ3n) is 2.81. The number of aromatic amines is 1. The van der Waals surface area contributed by atoms with E-state index in [0.717, 1.165) is 5.56 Å². The summed E-state index contributed by atoms with van der Waals surface area (Å²) in [6.45, 7) is 2.09. The summed E-state index contributed by atoms with van der Waals surface area (Å²) in [4.78, 5) is 14.8. The van der Waals surface area contributed by atoms with Crippen LogP contribution in [0.25, 0.3) is 0 Å². The predicted molar refractivity (Wildman–Crippen MR) is 73.9 cm³/mol. The molecule has 2 rings (SSSR count). The van der Waals surface area contributed by atoms with Gasteiger partial charge in [-0.25, -0.2) is 0 Å². The first kappa shape index (κ1) is 13.7. The molecule has 2 aromatic rings. The van der Waals surface area contributed by atoms with E-state index in [0.29, 0.717) is 17.9 Å². The Labute approximate surface area is 117 Å². The van der Waals surface area contributed by atoms with Crippen LogP contribution in [-0.4, -0.2) is 17.0 Å². The zero-order chi connectivity index (χ0) is 14.4. The lowest BCUT2D eigenvalue weighted by atomic mass is 10.2. The molecule has 102 valence electrons. The van der Waals surface area contributed by atoms with E-state index in [-0.39, 0.29) is 5.91 Å². The lowest BCUT2D eigenvalue weighted by Crippen LogP contribution is -2.35. The molecule has 0 radical (unpaired) electrons. The van der Waals surface area contributed by atoms with E-state index < -0.39 is 6.10 Å². The molecule has 0 aliphatic rings. The molecule has 0 spiro atoms. The van der Waals surface area contributed by atoms with Crippen LogP contribution in [0.1, 0.15) is 18.1 Å². The Morgan fingerprint density at radius 1 is 1.45 bits per heavy atom. The number of nitrogens with zero attached hydrogens (tertiary/aromatic N) is 1. The summed E-state index contributed by atoms with van der Waals surface area (Å²) in [5, 5.41) is 11.7. The number of ether oxygens (including phenoxy) is 1. The Hall–Kier alpha value is -2.74. The van der Waals surface area contributed by atoms with Crippen molar-refractivity contribution in [1.82, 2.24) is 10.3 Å². The smallest absolute Gasteiger partial charge is 0.261 e. The molecule has 20 heavy (non-hydrogen) atoms. The van der Waals surface area contributed by atoms with Crippen LogP contribution in [0, 0.1) is 11.3 Å². The van der Waals surface area contributed by atoms with E-state index in [4.69, 9.17) is 10.00 Å². The van der Waals surface area contributed by atoms with Crippen LogP contribution in [0.4, 0.5) is 0 Å². The van der Waals surface area contributed by atoms with Crippen LogP contribution in [-0.2, 0) is 11.3 Å². The summed E-state index contributed by atoms with van der Waals surface area (Å²) in [5.41, 5.74) is 1.40. The summed E-state index contributed by atoms with van der Waals surface area (Å²) in [5.74, 6) is 0.193. The topological polar surface area (TPSA) is 77.9 Å². The zero-order valence-electron chi connectivity index (χ0n) is 11.1. The summed E-state index contributed by atoms with van der Waals surface area (Å²) in [7, 11) is 0. The summed E-state index contributed by atoms with van der Waals surface area (Å²) < 4.78 is 5.53. The molecular formula is C15H15N3O2. The van der Waals surface area contributed by atoms with Crippen molar-refractivity contribution in [2.45, 2.75) is 19.6 Å². The number of rotatable bonds is 5. The predicted octanol–water partition coefficient (Wildman–Crippen LogP) is 1.97. The maximum atomic E-state index is 11.9. The van der Waals surface area contributed by atoms with Gasteiger partial charge in [-0.05, 0) is 30.7 Å². The van der Waals surface area contributed by atoms with Crippen molar-refractivity contribution >= 4 is 5.91 Å². The van der Waals surface area contributed by atoms with Crippen LogP contribution in [0.2, 0.25) is 0 Å². The number of aromatic nitrogens is 1. The largest absolute Gasteiger partial charge is 0.480 e. The highest BCUT2D eigenvalue weighted by molar-refractivity contribution is 5.80. The van der Waals surface area contributed by atoms with E-state index >= 15 is 0 Å². The Morgan fingerprint density at radius 2 is 2.25 bits per heavy atom. The molecule has 0 aliphatic heterocycles. The van der Waals surface area contributed by atoms with Crippen molar-refractivity contribution in [2.24, 2.45) is 0 Å². The lowest BCUT2D eigenvalue weighted by Gasteiger charge is -2.15. The summed E-state index contributed by atoms with van der Waals surface area (Å²) in [6, 6.07) is 10.8. The average Bonchev–Trinajstić information content (AvgIpc) is 2.98. The van der Waals surface area contributed by atoms with Gasteiger partial charge in [-0.2, -0.15) is 5.26 Å². The fraction of sp³-hybridized carbons (Fsp3) is 0.200. The number of amides is 1. The van der Waals surface area contributed by atoms with Gasteiger partial charge in [-0.3, -0.25) is 4.79 Å². The first-order valence-electron chi connectivity index (χ1n) is 6.26. The molecule has 0 fully saturated rings. The van der Waals surface area contributed by atoms with Crippen molar-refractivity contribution < 1.29 is 9.53 Å². The van der Waals surface area contributed by atoms with E-state index in [1.165, 1.54) is 0 Å². The Morgan fingerprint density at radius 3 is 2.95 bits per heavy atom. The summed E-state index contributed by atoms with van der Waals surface area (Å²) >= 11 is 0. The SMILES string of the molecule is CC(Oc1ccccc1C#N)C(=O)NCc1cc[nH]c1. The van der Waals surface area contributed by atoms with Crippen LogP contribution in [0.5, 0.6) is 5.75 Å². The minimum absolute atomic E-state index is 0.223. The number of carbonyl (C=O) groups is 1. The number of hydrogen-bond acceptors (Lipinski definition) is 3. The van der Waals surface area contributed by atoms with Gasteiger partial charge < -0.3 is 15.0 Å². The van der Waals surface area contributed by atoms with Gasteiger partial charge in [0.15, 0.2) is 6.10 Å². The highest BCUT2D eigenvalue weighted by atomic mass is 16.5. The molecule has 0 saturated heterocycles. The van der Waals surface area contributed by atoms with Gasteiger partial charge >= 0.3 is 0 Å². The lowest BCUT2D eigenvalue weighted by molar-refractivity contribution is -0.127. The monoisotopic (exact) mass is 269 g/mol. The van der Waals surface area contributed by atoms with E-state index in [1.54, 1.807) is 37.4 Å². The normalized spacial score (nSPS) is 11.4. The highest BCUT2D eigenvalue weighted by Crippen LogP contribution is 2.18. The quantitative estimate of drug-likeness (QED) is 0.871. The molecule has 1 heterocycles. The number of nitriles is 1. The summed E-state index contributed by atoms with van der Waals surface area (Å²) in [6.07, 6.45) is 2.95. The number of H-pyrrole nitrogens is 1. The minimum Gasteiger partial charge on any atom is -0.480 e. The minimum atomic E-state index is -0.663. The molecule has 2 N–H and O–H groups in total. The Bertz CT molecular complexity index is 614. The Balaban J connectivity index is 1.92. The van der Waals surface area contributed by atoms with Gasteiger partial charge in [0.05, 0.1) is 5.56 Å². The van der Waals surface area contributed by atoms with E-state index in [2.05, 4.69) is 10.3 Å². The maximum Gasteiger partial charge on any atom is 0.261 e. The number of hydrogen-bond donors (Lipinski definition) is 2. The van der Waals surface area contributed by atoms with Gasteiger partial charge in [0.1, 0.15) is 11.8 Å². The second-order valence-electron chi connectivity index (χ2n) is 4.31. The maximum absolute atomic E-state index is 11.9.